The lowest BCUT2D eigenvalue weighted by Crippen LogP contribution is -2.02. The number of hydrogen-bond donors (Lipinski definition) is 1. The number of nitrogens with zero attached hydrogens (tertiary/aromatic N) is 1. The number of anilines is 1. The maximum Gasteiger partial charge on any atom is 0.278 e. The Balaban J connectivity index is 2.43. The molecule has 3 aromatic rings. The first-order chi connectivity index (χ1) is 8.84. The van der Waals surface area contributed by atoms with Gasteiger partial charge in [0.15, 0.2) is 5.75 Å². The largest absolute Gasteiger partial charge is 0.381 e. The Morgan fingerprint density at radius 2 is 1.83 bits per heavy atom. The van der Waals surface area contributed by atoms with Gasteiger partial charge in [-0.15, -0.1) is 0 Å². The normalized spacial score (nSPS) is 12.4. The Kier molecular flexibility index (Phi) is 1.67. The van der Waals surface area contributed by atoms with Gasteiger partial charge in [0.2, 0.25) is 0 Å². The average molecular weight is 236 g/mol. The smallest absolute Gasteiger partial charge is 0.278 e. The molecule has 0 bridgehead atoms. The van der Waals surface area contributed by atoms with Gasteiger partial charge in [0.25, 0.3) is 5.56 Å². The quantitative estimate of drug-likeness (QED) is 0.651. The summed E-state index contributed by atoms with van der Waals surface area (Å²) in [4.78, 5) is 21.8. The van der Waals surface area contributed by atoms with Crippen LogP contribution in [-0.2, 0) is 0 Å². The molecule has 0 saturated carbocycles. The minimum atomic E-state index is -0.235. The SMILES string of the molecule is O=c1nc2ccccc2c2c3c(cccc13)NO2. The maximum absolute atomic E-state index is 12.1. The molecule has 4 rings (SSSR count). The molecule has 0 saturated heterocycles. The van der Waals surface area contributed by atoms with Gasteiger partial charge in [-0.05, 0) is 24.3 Å². The molecule has 0 atom stereocenters. The summed E-state index contributed by atoms with van der Waals surface area (Å²) in [5, 5.41) is 2.21. The van der Waals surface area contributed by atoms with Gasteiger partial charge in [-0.25, -0.2) is 10.5 Å². The second-order valence-corrected chi connectivity index (χ2v) is 4.20. The van der Waals surface area contributed by atoms with Crippen LogP contribution in [0.3, 0.4) is 0 Å². The number of hydrogen-bond acceptors (Lipinski definition) is 4. The molecule has 0 radical (unpaired) electrons. The van der Waals surface area contributed by atoms with E-state index in [1.54, 1.807) is 6.07 Å². The lowest BCUT2D eigenvalue weighted by atomic mass is 10.1. The Bertz CT molecular complexity index is 859. The first-order valence-corrected chi connectivity index (χ1v) is 5.63. The van der Waals surface area contributed by atoms with Gasteiger partial charge in [0.05, 0.1) is 22.0 Å². The zero-order valence-corrected chi connectivity index (χ0v) is 9.31. The Morgan fingerprint density at radius 3 is 2.78 bits per heavy atom. The summed E-state index contributed by atoms with van der Waals surface area (Å²) in [7, 11) is 0. The summed E-state index contributed by atoms with van der Waals surface area (Å²) < 4.78 is 0. The van der Waals surface area contributed by atoms with Gasteiger partial charge >= 0.3 is 0 Å². The molecule has 4 nitrogen and oxygen atoms in total. The van der Waals surface area contributed by atoms with Crippen molar-refractivity contribution in [3.63, 3.8) is 0 Å². The highest BCUT2D eigenvalue weighted by molar-refractivity contribution is 6.07. The molecule has 2 heterocycles. The highest BCUT2D eigenvalue weighted by atomic mass is 16.7. The van der Waals surface area contributed by atoms with Crippen molar-refractivity contribution < 1.29 is 4.84 Å². The lowest BCUT2D eigenvalue weighted by molar-refractivity contribution is 0.428. The molecule has 1 aliphatic heterocycles. The van der Waals surface area contributed by atoms with E-state index in [0.717, 1.165) is 16.5 Å². The first kappa shape index (κ1) is 9.41. The molecular weight excluding hydrogens is 228 g/mol. The van der Waals surface area contributed by atoms with E-state index in [9.17, 15) is 4.79 Å². The van der Waals surface area contributed by atoms with Crippen LogP contribution in [0.5, 0.6) is 5.75 Å². The van der Waals surface area contributed by atoms with Gasteiger partial charge < -0.3 is 4.84 Å². The molecule has 1 aromatic heterocycles. The molecule has 1 aliphatic rings. The van der Waals surface area contributed by atoms with Crippen molar-refractivity contribution in [1.29, 1.82) is 0 Å². The third-order valence-corrected chi connectivity index (χ3v) is 3.16. The van der Waals surface area contributed by atoms with Crippen molar-refractivity contribution in [3.05, 3.63) is 52.8 Å². The molecule has 0 amide bonds. The van der Waals surface area contributed by atoms with E-state index in [2.05, 4.69) is 10.5 Å². The van der Waals surface area contributed by atoms with Gasteiger partial charge in [0.1, 0.15) is 0 Å². The minimum absolute atomic E-state index is 0.235. The zero-order chi connectivity index (χ0) is 12.1. The van der Waals surface area contributed by atoms with E-state index < -0.39 is 0 Å². The number of nitrogens with one attached hydrogen (secondary N) is 1. The van der Waals surface area contributed by atoms with Crippen LogP contribution in [0.2, 0.25) is 0 Å². The average Bonchev–Trinajstić information content (AvgIpc) is 2.77. The van der Waals surface area contributed by atoms with E-state index in [0.29, 0.717) is 16.7 Å². The van der Waals surface area contributed by atoms with E-state index >= 15 is 0 Å². The predicted octanol–water partition coefficient (Wildman–Crippen LogP) is 2.47. The van der Waals surface area contributed by atoms with Crippen LogP contribution in [-0.4, -0.2) is 4.98 Å². The molecule has 86 valence electrons. The van der Waals surface area contributed by atoms with Gasteiger partial charge in [-0.2, -0.15) is 0 Å². The molecule has 0 aliphatic carbocycles. The molecule has 2 aromatic carbocycles. The number of aromatic nitrogens is 1. The fraction of sp³-hybridized carbons (Fsp3) is 0. The minimum Gasteiger partial charge on any atom is -0.381 e. The zero-order valence-electron chi connectivity index (χ0n) is 9.31. The summed E-state index contributed by atoms with van der Waals surface area (Å²) >= 11 is 0. The highest BCUT2D eigenvalue weighted by Gasteiger charge is 2.19. The van der Waals surface area contributed by atoms with Crippen LogP contribution in [0.1, 0.15) is 0 Å². The maximum atomic E-state index is 12.1. The van der Waals surface area contributed by atoms with Crippen molar-refractivity contribution >= 4 is 27.4 Å². The number of benzene rings is 2. The standard InChI is InChI=1S/C14H8N2O2/c17-14-9-5-3-7-11-12(9)13(18-16-11)8-4-1-2-6-10(8)15-14/h1-7,16H. The van der Waals surface area contributed by atoms with Crippen molar-refractivity contribution in [2.45, 2.75) is 0 Å². The fourth-order valence-electron chi connectivity index (χ4n) is 2.34. The second kappa shape index (κ2) is 3.20. The highest BCUT2D eigenvalue weighted by Crippen LogP contribution is 2.39. The predicted molar refractivity (Wildman–Crippen MR) is 69.8 cm³/mol. The fourth-order valence-corrected chi connectivity index (χ4v) is 2.34. The van der Waals surface area contributed by atoms with Gasteiger partial charge in [0, 0.05) is 5.39 Å². The molecule has 0 fully saturated rings. The number of fused-ring (bicyclic) bond motifs is 2. The summed E-state index contributed by atoms with van der Waals surface area (Å²) in [6, 6.07) is 12.9. The third kappa shape index (κ3) is 1.09. The van der Waals surface area contributed by atoms with Crippen molar-refractivity contribution in [3.8, 4) is 5.75 Å². The molecule has 4 heteroatoms. The first-order valence-electron chi connectivity index (χ1n) is 5.63. The lowest BCUT2D eigenvalue weighted by Gasteiger charge is -1.98. The molecule has 0 spiro atoms. The van der Waals surface area contributed by atoms with E-state index in [1.807, 2.05) is 36.4 Å². The van der Waals surface area contributed by atoms with Crippen molar-refractivity contribution in [1.82, 2.24) is 4.98 Å². The van der Waals surface area contributed by atoms with Crippen LogP contribution in [0.4, 0.5) is 5.69 Å². The molecular formula is C14H8N2O2. The monoisotopic (exact) mass is 236 g/mol. The van der Waals surface area contributed by atoms with Crippen molar-refractivity contribution in [2.24, 2.45) is 0 Å². The Labute approximate surface area is 102 Å². The van der Waals surface area contributed by atoms with Crippen LogP contribution >= 0.6 is 0 Å². The Hall–Kier alpha value is -2.62. The van der Waals surface area contributed by atoms with E-state index in [-0.39, 0.29) is 5.56 Å². The molecule has 0 unspecified atom stereocenters. The van der Waals surface area contributed by atoms with Gasteiger partial charge in [-0.1, -0.05) is 18.2 Å². The summed E-state index contributed by atoms with van der Waals surface area (Å²) in [6.45, 7) is 0. The van der Waals surface area contributed by atoms with Crippen LogP contribution in [0.15, 0.2) is 47.3 Å². The van der Waals surface area contributed by atoms with Gasteiger partial charge in [-0.3, -0.25) is 4.79 Å². The van der Waals surface area contributed by atoms with Crippen LogP contribution in [0.25, 0.3) is 21.7 Å². The summed E-state index contributed by atoms with van der Waals surface area (Å²) in [6.07, 6.45) is 0. The number of rotatable bonds is 0. The number of para-hydroxylation sites is 1. The van der Waals surface area contributed by atoms with E-state index in [4.69, 9.17) is 4.84 Å². The van der Waals surface area contributed by atoms with E-state index in [1.165, 1.54) is 0 Å². The van der Waals surface area contributed by atoms with Crippen LogP contribution in [0, 0.1) is 0 Å². The summed E-state index contributed by atoms with van der Waals surface area (Å²) in [5.41, 5.74) is 4.06. The molecule has 1 N–H and O–H groups in total. The topological polar surface area (TPSA) is 51.2 Å². The second-order valence-electron chi connectivity index (χ2n) is 4.20. The van der Waals surface area contributed by atoms with Crippen LogP contribution < -0.4 is 15.9 Å². The Morgan fingerprint density at radius 1 is 1.00 bits per heavy atom. The van der Waals surface area contributed by atoms with Crippen molar-refractivity contribution in [2.75, 3.05) is 5.48 Å². The summed E-state index contributed by atoms with van der Waals surface area (Å²) in [5.74, 6) is 0.672. The molecule has 18 heavy (non-hydrogen) atoms. The third-order valence-electron chi connectivity index (χ3n) is 3.16.